The van der Waals surface area contributed by atoms with E-state index in [0.29, 0.717) is 4.48 Å². The highest BCUT2D eigenvalue weighted by molar-refractivity contribution is 5.76. The van der Waals surface area contributed by atoms with Gasteiger partial charge in [0.2, 0.25) is 6.04 Å². The molecule has 0 radical (unpaired) electrons. The van der Waals surface area contributed by atoms with Crippen LogP contribution in [0.1, 0.15) is 59.3 Å². The number of carbonyl (C=O) groups is 1. The van der Waals surface area contributed by atoms with Gasteiger partial charge in [-0.15, -0.1) is 6.42 Å². The van der Waals surface area contributed by atoms with E-state index < -0.39 is 12.0 Å². The molecule has 0 bridgehead atoms. The van der Waals surface area contributed by atoms with Crippen molar-refractivity contribution in [2.45, 2.75) is 65.3 Å². The van der Waals surface area contributed by atoms with Gasteiger partial charge in [0.15, 0.2) is 0 Å². The molecule has 3 nitrogen and oxygen atoms in total. The fourth-order valence-electron chi connectivity index (χ4n) is 2.81. The Labute approximate surface area is 153 Å². The molecule has 0 rings (SSSR count). The summed E-state index contributed by atoms with van der Waals surface area (Å²) in [4.78, 5) is 12.0. The fraction of sp³-hybridized carbons (Fsp3) is 0.591. The van der Waals surface area contributed by atoms with Crippen LogP contribution in [0.5, 0.6) is 0 Å². The van der Waals surface area contributed by atoms with Crippen molar-refractivity contribution in [2.24, 2.45) is 0 Å². The quantitative estimate of drug-likeness (QED) is 0.463. The average molecular weight is 340 g/mol. The number of rotatable bonds is 11. The molecule has 0 amide bonds. The molecule has 0 saturated heterocycles. The fourth-order valence-corrected chi connectivity index (χ4v) is 2.81. The number of hydrogen-bond acceptors (Lipinski definition) is 1. The summed E-state index contributed by atoms with van der Waals surface area (Å²) >= 11 is 0. The summed E-state index contributed by atoms with van der Waals surface area (Å²) in [5, 5.41) is 9.83. The van der Waals surface area contributed by atoms with Crippen molar-refractivity contribution in [1.29, 1.82) is 0 Å². The van der Waals surface area contributed by atoms with E-state index in [1.807, 2.05) is 0 Å². The minimum absolute atomic E-state index is 0.523. The van der Waals surface area contributed by atoms with Crippen LogP contribution in [0.25, 0.3) is 0 Å². The molecule has 1 N–H and O–H groups in total. The third kappa shape index (κ3) is 8.91. The molecular formula is C22H30NO2+. The molecule has 0 heterocycles. The van der Waals surface area contributed by atoms with Crippen LogP contribution in [0.3, 0.4) is 0 Å². The summed E-state index contributed by atoms with van der Waals surface area (Å²) in [5.74, 6) is 16.9. The minimum Gasteiger partial charge on any atom is -0.476 e. The van der Waals surface area contributed by atoms with Crippen molar-refractivity contribution < 1.29 is 14.4 Å². The summed E-state index contributed by atoms with van der Waals surface area (Å²) in [6.45, 7) is 8.91. The van der Waals surface area contributed by atoms with Crippen molar-refractivity contribution in [1.82, 2.24) is 0 Å². The van der Waals surface area contributed by atoms with Gasteiger partial charge in [-0.3, -0.25) is 0 Å². The van der Waals surface area contributed by atoms with Gasteiger partial charge in [0.05, 0.1) is 19.6 Å². The zero-order valence-corrected chi connectivity index (χ0v) is 15.8. The second-order valence-electron chi connectivity index (χ2n) is 6.10. The Morgan fingerprint density at radius 1 is 0.880 bits per heavy atom. The largest absolute Gasteiger partial charge is 0.476 e. The average Bonchev–Trinajstić information content (AvgIpc) is 2.61. The lowest BCUT2D eigenvalue weighted by atomic mass is 10.1. The summed E-state index contributed by atoms with van der Waals surface area (Å²) in [6, 6.07) is -0.750. The summed E-state index contributed by atoms with van der Waals surface area (Å²) < 4.78 is 0.523. The van der Waals surface area contributed by atoms with Gasteiger partial charge in [-0.25, -0.2) is 4.79 Å². The number of terminal acetylenes is 1. The first-order valence-electron chi connectivity index (χ1n) is 9.12. The lowest BCUT2D eigenvalue weighted by Gasteiger charge is -2.41. The van der Waals surface area contributed by atoms with E-state index in [1.165, 1.54) is 0 Å². The van der Waals surface area contributed by atoms with Crippen molar-refractivity contribution in [2.75, 3.05) is 19.6 Å². The molecule has 0 fully saturated rings. The third-order valence-corrected chi connectivity index (χ3v) is 4.18. The molecule has 0 aromatic carbocycles. The first-order valence-corrected chi connectivity index (χ1v) is 9.12. The van der Waals surface area contributed by atoms with E-state index >= 15 is 0 Å². The van der Waals surface area contributed by atoms with E-state index in [9.17, 15) is 9.90 Å². The van der Waals surface area contributed by atoms with E-state index in [4.69, 9.17) is 6.42 Å². The second-order valence-corrected chi connectivity index (χ2v) is 6.10. The number of unbranched alkanes of at least 4 members (excludes halogenated alkanes) is 3. The van der Waals surface area contributed by atoms with Crippen molar-refractivity contribution in [3.8, 4) is 47.9 Å². The SMILES string of the molecule is C#CC#CC#CC#CC(C(=O)O)[N+](CCCC)(CCCC)CCCC. The highest BCUT2D eigenvalue weighted by Gasteiger charge is 2.39. The second kappa shape index (κ2) is 14.1. The molecule has 0 aromatic heterocycles. The zero-order valence-electron chi connectivity index (χ0n) is 15.8. The van der Waals surface area contributed by atoms with Crippen LogP contribution in [0, 0.1) is 47.9 Å². The molecular weight excluding hydrogens is 310 g/mol. The van der Waals surface area contributed by atoms with Gasteiger partial charge in [-0.05, 0) is 60.7 Å². The number of aliphatic carboxylic acids is 1. The maximum Gasteiger partial charge on any atom is 0.376 e. The van der Waals surface area contributed by atoms with Crippen LogP contribution in [0.4, 0.5) is 0 Å². The van der Waals surface area contributed by atoms with Crippen molar-refractivity contribution >= 4 is 5.97 Å². The van der Waals surface area contributed by atoms with Gasteiger partial charge in [0.1, 0.15) is 0 Å². The maximum absolute atomic E-state index is 12.0. The number of quaternary nitrogens is 1. The van der Waals surface area contributed by atoms with E-state index in [0.717, 1.165) is 58.2 Å². The molecule has 1 atom stereocenters. The Kier molecular flexibility index (Phi) is 12.7. The lowest BCUT2D eigenvalue weighted by Crippen LogP contribution is -2.59. The van der Waals surface area contributed by atoms with Crippen LogP contribution in [0.15, 0.2) is 0 Å². The van der Waals surface area contributed by atoms with Gasteiger partial charge >= 0.3 is 5.97 Å². The maximum atomic E-state index is 12.0. The Balaban J connectivity index is 5.71. The van der Waals surface area contributed by atoms with Crippen LogP contribution < -0.4 is 0 Å². The normalized spacial score (nSPS) is 10.8. The number of hydrogen-bond donors (Lipinski definition) is 1. The van der Waals surface area contributed by atoms with Gasteiger partial charge in [-0.2, -0.15) is 0 Å². The van der Waals surface area contributed by atoms with Gasteiger partial charge in [-0.1, -0.05) is 40.0 Å². The zero-order chi connectivity index (χ0) is 19.0. The monoisotopic (exact) mass is 340 g/mol. The smallest absolute Gasteiger partial charge is 0.376 e. The number of carboxylic acids is 1. The molecule has 0 aliphatic heterocycles. The number of carboxylic acid groups (broad SMARTS) is 1. The van der Waals surface area contributed by atoms with Crippen LogP contribution in [0.2, 0.25) is 0 Å². The minimum atomic E-state index is -0.868. The standard InChI is InChI=1S/C22H29NO2/c1-5-9-13-14-15-16-17-21(22(24)25)23(18-10-6-2,19-11-7-3)20-12-8-4/h1,21H,6-8,10-12,18-20H2,2-4H3/p+1. The van der Waals surface area contributed by atoms with E-state index in [2.05, 4.69) is 62.2 Å². The predicted octanol–water partition coefficient (Wildman–Crippen LogP) is 3.30. The molecule has 3 heteroatoms. The molecule has 0 saturated carbocycles. The van der Waals surface area contributed by atoms with Gasteiger partial charge in [0.25, 0.3) is 0 Å². The Morgan fingerprint density at radius 2 is 1.32 bits per heavy atom. The van der Waals surface area contributed by atoms with Crippen molar-refractivity contribution in [3.63, 3.8) is 0 Å². The summed E-state index contributed by atoms with van der Waals surface area (Å²) in [7, 11) is 0. The van der Waals surface area contributed by atoms with E-state index in [1.54, 1.807) is 0 Å². The molecule has 0 aliphatic rings. The lowest BCUT2D eigenvalue weighted by molar-refractivity contribution is -0.936. The molecule has 1 unspecified atom stereocenters. The predicted molar refractivity (Wildman–Crippen MR) is 103 cm³/mol. The highest BCUT2D eigenvalue weighted by Crippen LogP contribution is 2.20. The van der Waals surface area contributed by atoms with Gasteiger partial charge < -0.3 is 9.59 Å². The first kappa shape index (κ1) is 22.7. The molecule has 0 spiro atoms. The molecule has 0 aliphatic carbocycles. The first-order chi connectivity index (χ1) is 12.1. The molecule has 25 heavy (non-hydrogen) atoms. The number of nitrogens with zero attached hydrogens (tertiary/aromatic N) is 1. The summed E-state index contributed by atoms with van der Waals surface area (Å²) in [6.07, 6.45) is 11.1. The summed E-state index contributed by atoms with van der Waals surface area (Å²) in [5.41, 5.74) is 0. The molecule has 0 aromatic rings. The van der Waals surface area contributed by atoms with Crippen LogP contribution >= 0.6 is 0 Å². The topological polar surface area (TPSA) is 37.3 Å². The van der Waals surface area contributed by atoms with Crippen LogP contribution in [-0.4, -0.2) is 41.2 Å². The third-order valence-electron chi connectivity index (χ3n) is 4.18. The van der Waals surface area contributed by atoms with Crippen LogP contribution in [-0.2, 0) is 4.79 Å². The Morgan fingerprint density at radius 3 is 1.72 bits per heavy atom. The highest BCUT2D eigenvalue weighted by atomic mass is 16.4. The van der Waals surface area contributed by atoms with Crippen molar-refractivity contribution in [3.05, 3.63) is 0 Å². The Hall–Kier alpha value is -2.33. The molecule has 134 valence electrons. The van der Waals surface area contributed by atoms with Gasteiger partial charge in [0, 0.05) is 0 Å². The van der Waals surface area contributed by atoms with E-state index in [-0.39, 0.29) is 0 Å². The Bertz CT molecular complexity index is 601.